The van der Waals surface area contributed by atoms with Crippen molar-refractivity contribution < 1.29 is 0 Å². The highest BCUT2D eigenvalue weighted by Crippen LogP contribution is 2.19. The minimum absolute atomic E-state index is 0.760. The summed E-state index contributed by atoms with van der Waals surface area (Å²) in [6, 6.07) is 5.08. The summed E-state index contributed by atoms with van der Waals surface area (Å²) in [6.45, 7) is 5.31. The van der Waals surface area contributed by atoms with E-state index >= 15 is 0 Å². The molecule has 0 bridgehead atoms. The van der Waals surface area contributed by atoms with Crippen molar-refractivity contribution in [3.05, 3.63) is 23.4 Å². The topological polar surface area (TPSA) is 24.9 Å². The molecule has 0 atom stereocenters. The van der Waals surface area contributed by atoms with Crippen molar-refractivity contribution in [3.63, 3.8) is 0 Å². The van der Waals surface area contributed by atoms with Gasteiger partial charge in [0.05, 0.1) is 5.03 Å². The first-order valence-corrected chi connectivity index (χ1v) is 8.54. The van der Waals surface area contributed by atoms with E-state index in [-0.39, 0.29) is 0 Å². The average molecular weight is 278 g/mol. The Hall–Kier alpha value is -0.540. The van der Waals surface area contributed by atoms with E-state index in [0.29, 0.717) is 0 Å². The standard InChI is InChI=1S/C16H26N2S/c1-13-11-14(2)18-16(12-13)19-10-9-17-15-7-5-3-4-6-8-15/h11-12,15,17H,3-10H2,1-2H3. The lowest BCUT2D eigenvalue weighted by molar-refractivity contribution is 0.474. The van der Waals surface area contributed by atoms with E-state index in [2.05, 4.69) is 36.3 Å². The Morgan fingerprint density at radius 3 is 2.58 bits per heavy atom. The Morgan fingerprint density at radius 2 is 1.89 bits per heavy atom. The first-order chi connectivity index (χ1) is 9.24. The van der Waals surface area contributed by atoms with Gasteiger partial charge in [-0.25, -0.2) is 4.98 Å². The smallest absolute Gasteiger partial charge is 0.0966 e. The number of nitrogens with zero attached hydrogens (tertiary/aromatic N) is 1. The number of aromatic nitrogens is 1. The first kappa shape index (κ1) is 14.9. The Labute approximate surface area is 121 Å². The summed E-state index contributed by atoms with van der Waals surface area (Å²) < 4.78 is 0. The van der Waals surface area contributed by atoms with E-state index in [4.69, 9.17) is 0 Å². The van der Waals surface area contributed by atoms with Gasteiger partial charge in [0.15, 0.2) is 0 Å². The molecule has 3 heteroatoms. The Balaban J connectivity index is 1.68. The van der Waals surface area contributed by atoms with Gasteiger partial charge in [-0.05, 0) is 44.4 Å². The highest BCUT2D eigenvalue weighted by molar-refractivity contribution is 7.99. The van der Waals surface area contributed by atoms with Crippen LogP contribution < -0.4 is 5.32 Å². The molecule has 0 unspecified atom stereocenters. The zero-order chi connectivity index (χ0) is 13.5. The summed E-state index contributed by atoms with van der Waals surface area (Å²) in [5.41, 5.74) is 2.44. The van der Waals surface area contributed by atoms with Crippen molar-refractivity contribution >= 4 is 11.8 Å². The zero-order valence-corrected chi connectivity index (χ0v) is 13.1. The molecule has 0 amide bonds. The second-order valence-corrected chi connectivity index (χ2v) is 6.73. The molecule has 2 nitrogen and oxygen atoms in total. The van der Waals surface area contributed by atoms with Gasteiger partial charge in [0.1, 0.15) is 0 Å². The molecule has 0 aliphatic heterocycles. The van der Waals surface area contributed by atoms with Crippen molar-refractivity contribution in [3.8, 4) is 0 Å². The molecular formula is C16H26N2S. The van der Waals surface area contributed by atoms with Crippen molar-refractivity contribution in [2.45, 2.75) is 63.4 Å². The van der Waals surface area contributed by atoms with Crippen LogP contribution in [-0.4, -0.2) is 23.3 Å². The molecule has 1 heterocycles. The summed E-state index contributed by atoms with van der Waals surface area (Å²) >= 11 is 1.87. The van der Waals surface area contributed by atoms with Crippen LogP contribution in [0.15, 0.2) is 17.2 Å². The van der Waals surface area contributed by atoms with Crippen molar-refractivity contribution in [2.75, 3.05) is 12.3 Å². The normalized spacial score (nSPS) is 17.4. The molecule has 0 saturated heterocycles. The molecule has 1 fully saturated rings. The number of hydrogen-bond donors (Lipinski definition) is 1. The lowest BCUT2D eigenvalue weighted by Gasteiger charge is -2.15. The number of thioether (sulfide) groups is 1. The molecule has 0 spiro atoms. The monoisotopic (exact) mass is 278 g/mol. The van der Waals surface area contributed by atoms with Crippen LogP contribution in [0.4, 0.5) is 0 Å². The number of hydrogen-bond acceptors (Lipinski definition) is 3. The third-order valence-corrected chi connectivity index (χ3v) is 4.63. The second kappa shape index (κ2) is 7.91. The Bertz CT molecular complexity index is 364. The number of aryl methyl sites for hydroxylation is 2. The molecule has 2 rings (SSSR count). The number of nitrogens with one attached hydrogen (secondary N) is 1. The van der Waals surface area contributed by atoms with E-state index in [1.807, 2.05) is 11.8 Å². The van der Waals surface area contributed by atoms with E-state index in [0.717, 1.165) is 24.0 Å². The molecule has 1 saturated carbocycles. The molecule has 0 radical (unpaired) electrons. The fourth-order valence-corrected chi connectivity index (χ4v) is 3.69. The van der Waals surface area contributed by atoms with Gasteiger partial charge in [0, 0.05) is 24.0 Å². The summed E-state index contributed by atoms with van der Waals surface area (Å²) in [7, 11) is 0. The quantitative estimate of drug-likeness (QED) is 0.498. The second-order valence-electron chi connectivity index (χ2n) is 5.62. The summed E-state index contributed by atoms with van der Waals surface area (Å²) in [5.74, 6) is 1.12. The molecular weight excluding hydrogens is 252 g/mol. The van der Waals surface area contributed by atoms with Crippen LogP contribution >= 0.6 is 11.8 Å². The molecule has 1 aromatic heterocycles. The van der Waals surface area contributed by atoms with Crippen molar-refractivity contribution in [1.29, 1.82) is 0 Å². The number of rotatable bonds is 5. The number of pyridine rings is 1. The minimum Gasteiger partial charge on any atom is -0.313 e. The van der Waals surface area contributed by atoms with Crippen molar-refractivity contribution in [1.82, 2.24) is 10.3 Å². The van der Waals surface area contributed by atoms with E-state index < -0.39 is 0 Å². The highest BCUT2D eigenvalue weighted by atomic mass is 32.2. The summed E-state index contributed by atoms with van der Waals surface area (Å²) in [6.07, 6.45) is 8.41. The van der Waals surface area contributed by atoms with Gasteiger partial charge in [0.25, 0.3) is 0 Å². The lowest BCUT2D eigenvalue weighted by atomic mass is 10.1. The fraction of sp³-hybridized carbons (Fsp3) is 0.688. The van der Waals surface area contributed by atoms with E-state index in [1.54, 1.807) is 0 Å². The van der Waals surface area contributed by atoms with Gasteiger partial charge in [-0.3, -0.25) is 0 Å². The maximum absolute atomic E-state index is 4.57. The van der Waals surface area contributed by atoms with Crippen LogP contribution in [0.25, 0.3) is 0 Å². The van der Waals surface area contributed by atoms with Crippen molar-refractivity contribution in [2.24, 2.45) is 0 Å². The minimum atomic E-state index is 0.760. The average Bonchev–Trinajstić information content (AvgIpc) is 2.62. The third-order valence-electron chi connectivity index (χ3n) is 3.71. The summed E-state index contributed by atoms with van der Waals surface area (Å²) in [5, 5.41) is 4.88. The zero-order valence-electron chi connectivity index (χ0n) is 12.2. The van der Waals surface area contributed by atoms with Gasteiger partial charge in [-0.1, -0.05) is 25.7 Å². The van der Waals surface area contributed by atoms with Crippen LogP contribution in [0.1, 0.15) is 49.8 Å². The lowest BCUT2D eigenvalue weighted by Crippen LogP contribution is -2.30. The maximum Gasteiger partial charge on any atom is 0.0966 e. The largest absolute Gasteiger partial charge is 0.313 e. The molecule has 1 aliphatic carbocycles. The van der Waals surface area contributed by atoms with Gasteiger partial charge >= 0.3 is 0 Å². The Kier molecular flexibility index (Phi) is 6.18. The van der Waals surface area contributed by atoms with Gasteiger partial charge in [0.2, 0.25) is 0 Å². The molecule has 1 aromatic rings. The van der Waals surface area contributed by atoms with Gasteiger partial charge in [-0.15, -0.1) is 11.8 Å². The highest BCUT2D eigenvalue weighted by Gasteiger charge is 2.10. The van der Waals surface area contributed by atoms with E-state index in [9.17, 15) is 0 Å². The molecule has 0 aromatic carbocycles. The molecule has 106 valence electrons. The molecule has 1 aliphatic rings. The summed E-state index contributed by atoms with van der Waals surface area (Å²) in [4.78, 5) is 4.57. The van der Waals surface area contributed by atoms with Gasteiger partial charge < -0.3 is 5.32 Å². The van der Waals surface area contributed by atoms with Gasteiger partial charge in [-0.2, -0.15) is 0 Å². The van der Waals surface area contributed by atoms with Crippen LogP contribution in [0.5, 0.6) is 0 Å². The van der Waals surface area contributed by atoms with E-state index in [1.165, 1.54) is 49.1 Å². The predicted octanol–water partition coefficient (Wildman–Crippen LogP) is 4.10. The maximum atomic E-state index is 4.57. The van der Waals surface area contributed by atoms with Crippen LogP contribution in [0, 0.1) is 13.8 Å². The van der Waals surface area contributed by atoms with Crippen LogP contribution in [0.2, 0.25) is 0 Å². The SMILES string of the molecule is Cc1cc(C)nc(SCCNC2CCCCCC2)c1. The van der Waals surface area contributed by atoms with Crippen LogP contribution in [0.3, 0.4) is 0 Å². The Morgan fingerprint density at radius 1 is 1.16 bits per heavy atom. The first-order valence-electron chi connectivity index (χ1n) is 7.55. The van der Waals surface area contributed by atoms with Crippen LogP contribution in [-0.2, 0) is 0 Å². The fourth-order valence-electron chi connectivity index (χ4n) is 2.78. The molecule has 1 N–H and O–H groups in total. The predicted molar refractivity (Wildman–Crippen MR) is 83.9 cm³/mol. The third kappa shape index (κ3) is 5.53. The molecule has 19 heavy (non-hydrogen) atoms.